The number of nitrogens with two attached hydrogens (primary N) is 1. The molecule has 0 saturated heterocycles. The van der Waals surface area contributed by atoms with Crippen molar-refractivity contribution in [2.75, 3.05) is 6.61 Å². The Kier molecular flexibility index (Phi) is 3.15. The molecule has 0 unspecified atom stereocenters. The molecule has 3 heteroatoms. The lowest BCUT2D eigenvalue weighted by Gasteiger charge is -2.05. The van der Waals surface area contributed by atoms with Gasteiger partial charge in [0.25, 0.3) is 0 Å². The Balaban J connectivity index is 2.39. The third-order valence-corrected chi connectivity index (χ3v) is 2.59. The second kappa shape index (κ2) is 4.58. The number of hydrogen-bond donors (Lipinski definition) is 2. The maximum absolute atomic E-state index is 5.83. The lowest BCUT2D eigenvalue weighted by atomic mass is 10.1. The molecular weight excluding hydrogens is 200 g/mol. The molecule has 0 amide bonds. The molecule has 1 atom stereocenters. The van der Waals surface area contributed by atoms with E-state index < -0.39 is 0 Å². The number of aromatic nitrogens is 1. The van der Waals surface area contributed by atoms with E-state index in [0.717, 1.165) is 17.7 Å². The van der Waals surface area contributed by atoms with Crippen molar-refractivity contribution in [3.8, 4) is 5.75 Å². The molecule has 0 bridgehead atoms. The maximum atomic E-state index is 5.83. The molecule has 86 valence electrons. The van der Waals surface area contributed by atoms with Gasteiger partial charge in [0.2, 0.25) is 0 Å². The molecule has 1 aromatic heterocycles. The van der Waals surface area contributed by atoms with Crippen LogP contribution in [0.15, 0.2) is 24.4 Å². The van der Waals surface area contributed by atoms with Crippen LogP contribution < -0.4 is 10.5 Å². The number of rotatable bonds is 4. The van der Waals surface area contributed by atoms with Crippen molar-refractivity contribution in [3.05, 3.63) is 30.0 Å². The summed E-state index contributed by atoms with van der Waals surface area (Å²) in [5, 5.41) is 1.21. The molecule has 0 aliphatic carbocycles. The molecule has 0 saturated carbocycles. The molecule has 0 radical (unpaired) electrons. The van der Waals surface area contributed by atoms with Gasteiger partial charge >= 0.3 is 0 Å². The van der Waals surface area contributed by atoms with Gasteiger partial charge in [-0.05, 0) is 44.0 Å². The Morgan fingerprint density at radius 1 is 1.44 bits per heavy atom. The van der Waals surface area contributed by atoms with Crippen molar-refractivity contribution in [3.63, 3.8) is 0 Å². The van der Waals surface area contributed by atoms with Crippen molar-refractivity contribution < 1.29 is 4.74 Å². The van der Waals surface area contributed by atoms with Crippen LogP contribution in [0.1, 0.15) is 19.4 Å². The molecule has 3 N–H and O–H groups in total. The average Bonchev–Trinajstić information content (AvgIpc) is 2.61. The van der Waals surface area contributed by atoms with E-state index in [2.05, 4.69) is 11.1 Å². The SMILES string of the molecule is CCOc1ccc2[nH]cc(C[C@@H](C)N)c2c1. The normalized spacial score (nSPS) is 12.9. The standard InChI is InChI=1S/C13H18N2O/c1-3-16-11-4-5-13-12(7-11)10(8-15-13)6-9(2)14/h4-5,7-9,15H,3,6,14H2,1-2H3/t9-/m1/s1. The van der Waals surface area contributed by atoms with Crippen molar-refractivity contribution >= 4 is 10.9 Å². The molecule has 0 fully saturated rings. The van der Waals surface area contributed by atoms with Crippen LogP contribution in [0.25, 0.3) is 10.9 Å². The van der Waals surface area contributed by atoms with Crippen molar-refractivity contribution in [2.45, 2.75) is 26.3 Å². The summed E-state index contributed by atoms with van der Waals surface area (Å²) >= 11 is 0. The first-order valence-corrected chi connectivity index (χ1v) is 5.69. The number of nitrogens with one attached hydrogen (secondary N) is 1. The topological polar surface area (TPSA) is 51.0 Å². The first-order chi connectivity index (χ1) is 7.70. The van der Waals surface area contributed by atoms with E-state index in [4.69, 9.17) is 10.5 Å². The van der Waals surface area contributed by atoms with E-state index in [-0.39, 0.29) is 6.04 Å². The van der Waals surface area contributed by atoms with E-state index in [9.17, 15) is 0 Å². The lowest BCUT2D eigenvalue weighted by molar-refractivity contribution is 0.340. The molecule has 0 aliphatic heterocycles. The summed E-state index contributed by atoms with van der Waals surface area (Å²) in [7, 11) is 0. The molecular formula is C13H18N2O. The highest BCUT2D eigenvalue weighted by Crippen LogP contribution is 2.24. The summed E-state index contributed by atoms with van der Waals surface area (Å²) in [6.07, 6.45) is 2.92. The fourth-order valence-electron chi connectivity index (χ4n) is 1.93. The predicted octanol–water partition coefficient (Wildman–Crippen LogP) is 2.46. The third-order valence-electron chi connectivity index (χ3n) is 2.59. The summed E-state index contributed by atoms with van der Waals surface area (Å²) in [5.41, 5.74) is 8.22. The van der Waals surface area contributed by atoms with Crippen LogP contribution in [-0.2, 0) is 6.42 Å². The fraction of sp³-hybridized carbons (Fsp3) is 0.385. The van der Waals surface area contributed by atoms with Gasteiger partial charge in [-0.3, -0.25) is 0 Å². The molecule has 1 heterocycles. The Bertz CT molecular complexity index is 474. The van der Waals surface area contributed by atoms with Gasteiger partial charge in [-0.15, -0.1) is 0 Å². The summed E-state index contributed by atoms with van der Waals surface area (Å²) in [6.45, 7) is 4.70. The Hall–Kier alpha value is -1.48. The number of benzene rings is 1. The smallest absolute Gasteiger partial charge is 0.120 e. The molecule has 2 rings (SSSR count). The Morgan fingerprint density at radius 3 is 2.94 bits per heavy atom. The summed E-state index contributed by atoms with van der Waals surface area (Å²) in [4.78, 5) is 3.25. The minimum Gasteiger partial charge on any atom is -0.494 e. The van der Waals surface area contributed by atoms with Crippen LogP contribution in [0.4, 0.5) is 0 Å². The zero-order valence-corrected chi connectivity index (χ0v) is 9.79. The monoisotopic (exact) mass is 218 g/mol. The highest BCUT2D eigenvalue weighted by atomic mass is 16.5. The molecule has 16 heavy (non-hydrogen) atoms. The molecule has 0 aliphatic rings. The lowest BCUT2D eigenvalue weighted by Crippen LogP contribution is -2.17. The zero-order valence-electron chi connectivity index (χ0n) is 9.79. The van der Waals surface area contributed by atoms with Gasteiger partial charge in [-0.2, -0.15) is 0 Å². The van der Waals surface area contributed by atoms with Crippen molar-refractivity contribution in [2.24, 2.45) is 5.73 Å². The van der Waals surface area contributed by atoms with Gasteiger partial charge in [0.05, 0.1) is 6.61 Å². The van der Waals surface area contributed by atoms with Crippen LogP contribution >= 0.6 is 0 Å². The highest BCUT2D eigenvalue weighted by Gasteiger charge is 2.06. The molecule has 1 aromatic carbocycles. The Labute approximate surface area is 95.6 Å². The van der Waals surface area contributed by atoms with Crippen LogP contribution in [-0.4, -0.2) is 17.6 Å². The highest BCUT2D eigenvalue weighted by molar-refractivity contribution is 5.84. The average molecular weight is 218 g/mol. The summed E-state index contributed by atoms with van der Waals surface area (Å²) in [6, 6.07) is 6.28. The molecule has 2 aromatic rings. The second-order valence-corrected chi connectivity index (χ2v) is 4.14. The van der Waals surface area contributed by atoms with Crippen LogP contribution in [0.2, 0.25) is 0 Å². The van der Waals surface area contributed by atoms with Crippen LogP contribution in [0, 0.1) is 0 Å². The number of fused-ring (bicyclic) bond motifs is 1. The quantitative estimate of drug-likeness (QED) is 0.828. The minimum absolute atomic E-state index is 0.176. The van der Waals surface area contributed by atoms with Crippen molar-refractivity contribution in [1.29, 1.82) is 0 Å². The summed E-state index contributed by atoms with van der Waals surface area (Å²) < 4.78 is 5.50. The van der Waals surface area contributed by atoms with Gasteiger partial charge < -0.3 is 15.5 Å². The largest absolute Gasteiger partial charge is 0.494 e. The first-order valence-electron chi connectivity index (χ1n) is 5.69. The summed E-state index contributed by atoms with van der Waals surface area (Å²) in [5.74, 6) is 0.917. The minimum atomic E-state index is 0.176. The van der Waals surface area contributed by atoms with Gasteiger partial charge in [-0.25, -0.2) is 0 Å². The number of H-pyrrole nitrogens is 1. The van der Waals surface area contributed by atoms with E-state index in [1.54, 1.807) is 0 Å². The Morgan fingerprint density at radius 2 is 2.25 bits per heavy atom. The molecule has 0 spiro atoms. The predicted molar refractivity (Wildman–Crippen MR) is 66.8 cm³/mol. The van der Waals surface area contributed by atoms with Gasteiger partial charge in [0.15, 0.2) is 0 Å². The fourth-order valence-corrected chi connectivity index (χ4v) is 1.93. The number of hydrogen-bond acceptors (Lipinski definition) is 2. The van der Waals surface area contributed by atoms with Crippen molar-refractivity contribution in [1.82, 2.24) is 4.98 Å². The van der Waals surface area contributed by atoms with E-state index in [1.807, 2.05) is 32.2 Å². The van der Waals surface area contributed by atoms with Gasteiger partial charge in [0.1, 0.15) is 5.75 Å². The van der Waals surface area contributed by atoms with E-state index >= 15 is 0 Å². The van der Waals surface area contributed by atoms with Crippen LogP contribution in [0.5, 0.6) is 5.75 Å². The van der Waals surface area contributed by atoms with Crippen LogP contribution in [0.3, 0.4) is 0 Å². The maximum Gasteiger partial charge on any atom is 0.120 e. The van der Waals surface area contributed by atoms with Gasteiger partial charge in [0, 0.05) is 23.1 Å². The second-order valence-electron chi connectivity index (χ2n) is 4.14. The van der Waals surface area contributed by atoms with E-state index in [1.165, 1.54) is 10.9 Å². The molecule has 3 nitrogen and oxygen atoms in total. The zero-order chi connectivity index (χ0) is 11.5. The van der Waals surface area contributed by atoms with Gasteiger partial charge in [-0.1, -0.05) is 0 Å². The number of ether oxygens (including phenoxy) is 1. The van der Waals surface area contributed by atoms with E-state index in [0.29, 0.717) is 6.61 Å². The third kappa shape index (κ3) is 2.19. The first kappa shape index (κ1) is 11.0. The number of aromatic amines is 1.